The molecule has 1 saturated heterocycles. The van der Waals surface area contributed by atoms with E-state index in [1.165, 1.54) is 5.56 Å². The van der Waals surface area contributed by atoms with E-state index in [9.17, 15) is 5.11 Å². The van der Waals surface area contributed by atoms with E-state index >= 15 is 0 Å². The summed E-state index contributed by atoms with van der Waals surface area (Å²) in [4.78, 5) is 2.42. The van der Waals surface area contributed by atoms with Crippen LogP contribution in [0.15, 0.2) is 22.7 Å². The average molecular weight is 329 g/mol. The van der Waals surface area contributed by atoms with Crippen LogP contribution in [0.2, 0.25) is 0 Å². The molecule has 1 aliphatic rings. The van der Waals surface area contributed by atoms with Crippen molar-refractivity contribution < 1.29 is 9.84 Å². The molecule has 0 spiro atoms. The maximum absolute atomic E-state index is 9.36. The second-order valence-electron chi connectivity index (χ2n) is 4.70. The molecule has 106 valence electrons. The number of hydrogen-bond donors (Lipinski definition) is 2. The molecule has 5 heteroatoms. The lowest BCUT2D eigenvalue weighted by Crippen LogP contribution is -2.45. The molecule has 2 N–H and O–H groups in total. The standard InChI is InChI=1S/C14H21BrN2O2/c1-19-11-2-3-13(15)12(10-11)14(4-9-18)17-7-5-16-6-8-17/h2-3,10,14,16,18H,4-9H2,1H3/t14-/m1/s1. The number of piperazine rings is 1. The van der Waals surface area contributed by atoms with Crippen molar-refractivity contribution in [2.45, 2.75) is 12.5 Å². The smallest absolute Gasteiger partial charge is 0.119 e. The van der Waals surface area contributed by atoms with Gasteiger partial charge in [0.2, 0.25) is 0 Å². The number of ether oxygens (including phenoxy) is 1. The van der Waals surface area contributed by atoms with Gasteiger partial charge in [0.25, 0.3) is 0 Å². The first-order valence-corrected chi connectivity index (χ1v) is 7.44. The maximum atomic E-state index is 9.36. The second-order valence-corrected chi connectivity index (χ2v) is 5.56. The number of aliphatic hydroxyl groups excluding tert-OH is 1. The third-order valence-corrected chi connectivity index (χ3v) is 4.28. The Balaban J connectivity index is 2.26. The number of nitrogens with zero attached hydrogens (tertiary/aromatic N) is 1. The highest BCUT2D eigenvalue weighted by Crippen LogP contribution is 2.33. The van der Waals surface area contributed by atoms with Crippen molar-refractivity contribution in [2.75, 3.05) is 39.9 Å². The van der Waals surface area contributed by atoms with Gasteiger partial charge in [-0.05, 0) is 30.2 Å². The summed E-state index contributed by atoms with van der Waals surface area (Å²) < 4.78 is 6.39. The zero-order valence-electron chi connectivity index (χ0n) is 11.2. The lowest BCUT2D eigenvalue weighted by Gasteiger charge is -2.35. The minimum absolute atomic E-state index is 0.193. The summed E-state index contributed by atoms with van der Waals surface area (Å²) in [7, 11) is 1.68. The van der Waals surface area contributed by atoms with E-state index < -0.39 is 0 Å². The second kappa shape index (κ2) is 7.24. The zero-order valence-corrected chi connectivity index (χ0v) is 12.8. The van der Waals surface area contributed by atoms with E-state index in [0.717, 1.165) is 42.8 Å². The summed E-state index contributed by atoms with van der Waals surface area (Å²) in [6.07, 6.45) is 0.742. The minimum atomic E-state index is 0.193. The fraction of sp³-hybridized carbons (Fsp3) is 0.571. The van der Waals surface area contributed by atoms with Crippen LogP contribution in [0, 0.1) is 0 Å². The van der Waals surface area contributed by atoms with Crippen LogP contribution >= 0.6 is 15.9 Å². The predicted molar refractivity (Wildman–Crippen MR) is 79.6 cm³/mol. The van der Waals surface area contributed by atoms with Gasteiger partial charge in [-0.2, -0.15) is 0 Å². The summed E-state index contributed by atoms with van der Waals surface area (Å²) >= 11 is 3.62. The van der Waals surface area contributed by atoms with Crippen molar-refractivity contribution >= 4 is 15.9 Å². The van der Waals surface area contributed by atoms with Crippen molar-refractivity contribution in [3.63, 3.8) is 0 Å². The van der Waals surface area contributed by atoms with Gasteiger partial charge < -0.3 is 15.2 Å². The van der Waals surface area contributed by atoms with Crippen molar-refractivity contribution in [3.8, 4) is 5.75 Å². The van der Waals surface area contributed by atoms with E-state index in [-0.39, 0.29) is 12.6 Å². The third kappa shape index (κ3) is 3.69. The average Bonchev–Trinajstić information content (AvgIpc) is 2.47. The summed E-state index contributed by atoms with van der Waals surface area (Å²) in [6, 6.07) is 6.26. The molecule has 2 rings (SSSR count). The quantitative estimate of drug-likeness (QED) is 0.865. The lowest BCUT2D eigenvalue weighted by atomic mass is 10.0. The Morgan fingerprint density at radius 2 is 2.16 bits per heavy atom. The van der Waals surface area contributed by atoms with E-state index in [1.54, 1.807) is 7.11 Å². The highest BCUT2D eigenvalue weighted by molar-refractivity contribution is 9.10. The van der Waals surface area contributed by atoms with Gasteiger partial charge in [0.15, 0.2) is 0 Å². The lowest BCUT2D eigenvalue weighted by molar-refractivity contribution is 0.140. The number of halogens is 1. The van der Waals surface area contributed by atoms with Gasteiger partial charge in [0.05, 0.1) is 7.11 Å². The van der Waals surface area contributed by atoms with Crippen molar-refractivity contribution in [1.82, 2.24) is 10.2 Å². The Morgan fingerprint density at radius 3 is 2.79 bits per heavy atom. The van der Waals surface area contributed by atoms with Gasteiger partial charge in [0, 0.05) is 43.3 Å². The molecular weight excluding hydrogens is 308 g/mol. The van der Waals surface area contributed by atoms with Crippen LogP contribution in [-0.2, 0) is 0 Å². The number of rotatable bonds is 5. The molecule has 0 radical (unpaired) electrons. The van der Waals surface area contributed by atoms with Crippen LogP contribution in [-0.4, -0.2) is 49.9 Å². The molecule has 0 aromatic heterocycles. The van der Waals surface area contributed by atoms with Crippen molar-refractivity contribution in [1.29, 1.82) is 0 Å². The Morgan fingerprint density at radius 1 is 1.42 bits per heavy atom. The molecule has 1 fully saturated rings. The van der Waals surface area contributed by atoms with Gasteiger partial charge in [0.1, 0.15) is 5.75 Å². The largest absolute Gasteiger partial charge is 0.497 e. The molecule has 0 unspecified atom stereocenters. The van der Waals surface area contributed by atoms with E-state index in [2.05, 4.69) is 32.2 Å². The molecule has 0 aliphatic carbocycles. The molecule has 0 bridgehead atoms. The fourth-order valence-electron chi connectivity index (χ4n) is 2.56. The summed E-state index contributed by atoms with van der Waals surface area (Å²) in [5.41, 5.74) is 1.19. The molecule has 0 saturated carbocycles. The SMILES string of the molecule is COc1ccc(Br)c([C@@H](CCO)N2CCNCC2)c1. The van der Waals surface area contributed by atoms with Crippen LogP contribution in [0.25, 0.3) is 0 Å². The Kier molecular flexibility index (Phi) is 5.63. The fourth-order valence-corrected chi connectivity index (χ4v) is 3.07. The summed E-state index contributed by atoms with van der Waals surface area (Å²) in [5, 5.41) is 12.7. The number of benzene rings is 1. The Hall–Kier alpha value is -0.620. The summed E-state index contributed by atoms with van der Waals surface area (Å²) in [5.74, 6) is 0.858. The van der Waals surface area contributed by atoms with Crippen molar-refractivity contribution in [2.24, 2.45) is 0 Å². The highest BCUT2D eigenvalue weighted by Gasteiger charge is 2.23. The number of nitrogens with one attached hydrogen (secondary N) is 1. The van der Waals surface area contributed by atoms with Crippen LogP contribution in [0.3, 0.4) is 0 Å². The molecule has 4 nitrogen and oxygen atoms in total. The molecule has 1 aliphatic heterocycles. The molecule has 0 amide bonds. The zero-order chi connectivity index (χ0) is 13.7. The topological polar surface area (TPSA) is 44.7 Å². The highest BCUT2D eigenvalue weighted by atomic mass is 79.9. The van der Waals surface area contributed by atoms with Gasteiger partial charge >= 0.3 is 0 Å². The van der Waals surface area contributed by atoms with E-state index in [4.69, 9.17) is 4.74 Å². The molecule has 19 heavy (non-hydrogen) atoms. The summed E-state index contributed by atoms with van der Waals surface area (Å²) in [6.45, 7) is 4.22. The third-order valence-electron chi connectivity index (χ3n) is 3.56. The van der Waals surface area contributed by atoms with E-state index in [1.807, 2.05) is 12.1 Å². The number of methoxy groups -OCH3 is 1. The minimum Gasteiger partial charge on any atom is -0.497 e. The molecule has 1 atom stereocenters. The predicted octanol–water partition coefficient (Wildman–Crippen LogP) is 1.79. The van der Waals surface area contributed by atoms with E-state index in [0.29, 0.717) is 0 Å². The first kappa shape index (κ1) is 14.8. The van der Waals surface area contributed by atoms with Crippen molar-refractivity contribution in [3.05, 3.63) is 28.2 Å². The van der Waals surface area contributed by atoms with Gasteiger partial charge in [-0.25, -0.2) is 0 Å². The normalized spacial score (nSPS) is 18.3. The van der Waals surface area contributed by atoms with Crippen LogP contribution in [0.1, 0.15) is 18.0 Å². The van der Waals surface area contributed by atoms with Crippen LogP contribution in [0.5, 0.6) is 5.75 Å². The molecule has 1 aromatic carbocycles. The monoisotopic (exact) mass is 328 g/mol. The molecule has 1 heterocycles. The first-order valence-electron chi connectivity index (χ1n) is 6.65. The number of hydrogen-bond acceptors (Lipinski definition) is 4. The van der Waals surface area contributed by atoms with Gasteiger partial charge in [-0.15, -0.1) is 0 Å². The number of aliphatic hydroxyl groups is 1. The Bertz CT molecular complexity index is 408. The van der Waals surface area contributed by atoms with Gasteiger partial charge in [-0.1, -0.05) is 15.9 Å². The first-order chi connectivity index (χ1) is 9.26. The molecular formula is C14H21BrN2O2. The van der Waals surface area contributed by atoms with Crippen LogP contribution in [0.4, 0.5) is 0 Å². The Labute approximate surface area is 122 Å². The maximum Gasteiger partial charge on any atom is 0.119 e. The van der Waals surface area contributed by atoms with Gasteiger partial charge in [-0.3, -0.25) is 4.90 Å². The van der Waals surface area contributed by atoms with Crippen LogP contribution < -0.4 is 10.1 Å². The molecule has 1 aromatic rings.